The Kier molecular flexibility index (Phi) is 4.18. The van der Waals surface area contributed by atoms with Gasteiger partial charge in [-0.25, -0.2) is 18.7 Å². The first-order chi connectivity index (χ1) is 13.8. The molecule has 1 fully saturated rings. The van der Waals surface area contributed by atoms with Gasteiger partial charge < -0.3 is 5.11 Å². The fourth-order valence-corrected chi connectivity index (χ4v) is 4.86. The Morgan fingerprint density at radius 3 is 2.72 bits per heavy atom. The lowest BCUT2D eigenvalue weighted by atomic mass is 9.77. The summed E-state index contributed by atoms with van der Waals surface area (Å²) in [5.74, 6) is -3.02. The zero-order valence-electron chi connectivity index (χ0n) is 16.0. The Morgan fingerprint density at radius 2 is 2.00 bits per heavy atom. The predicted molar refractivity (Wildman–Crippen MR) is 109 cm³/mol. The number of pyridine rings is 2. The number of hydrogen-bond acceptors (Lipinski definition) is 5. The Bertz CT molecular complexity index is 1210. The second kappa shape index (κ2) is 6.53. The molecule has 5 rings (SSSR count). The van der Waals surface area contributed by atoms with E-state index in [2.05, 4.69) is 23.9 Å². The summed E-state index contributed by atoms with van der Waals surface area (Å²) in [5.41, 5.74) is 2.36. The monoisotopic (exact) mass is 414 g/mol. The van der Waals surface area contributed by atoms with Crippen molar-refractivity contribution in [3.8, 4) is 11.3 Å². The number of halogens is 2. The first-order valence-corrected chi connectivity index (χ1v) is 10.4. The fraction of sp³-hybridized carbons (Fsp3) is 0.381. The van der Waals surface area contributed by atoms with Crippen molar-refractivity contribution in [2.24, 2.45) is 5.92 Å². The summed E-state index contributed by atoms with van der Waals surface area (Å²) < 4.78 is 28.2. The van der Waals surface area contributed by atoms with Crippen LogP contribution in [0.5, 0.6) is 0 Å². The highest BCUT2D eigenvalue weighted by Crippen LogP contribution is 2.49. The van der Waals surface area contributed by atoms with Gasteiger partial charge in [0.2, 0.25) is 5.92 Å². The number of aliphatic hydroxyl groups excluding tert-OH is 1. The van der Waals surface area contributed by atoms with E-state index in [1.807, 2.05) is 35.1 Å². The maximum atomic E-state index is 13.1. The average molecular weight is 414 g/mol. The summed E-state index contributed by atoms with van der Waals surface area (Å²) in [7, 11) is 0. The van der Waals surface area contributed by atoms with Crippen molar-refractivity contribution in [3.63, 3.8) is 0 Å². The minimum Gasteiger partial charge on any atom is -0.387 e. The van der Waals surface area contributed by atoms with Gasteiger partial charge in [-0.1, -0.05) is 0 Å². The summed E-state index contributed by atoms with van der Waals surface area (Å²) >= 11 is 1.36. The van der Waals surface area contributed by atoms with Crippen molar-refractivity contribution in [2.45, 2.75) is 44.8 Å². The highest BCUT2D eigenvalue weighted by molar-refractivity contribution is 7.18. The number of rotatable bonds is 4. The molecule has 1 unspecified atom stereocenters. The van der Waals surface area contributed by atoms with Crippen molar-refractivity contribution >= 4 is 32.6 Å². The molecule has 0 spiro atoms. The average Bonchev–Trinajstić information content (AvgIpc) is 3.28. The molecule has 8 heteroatoms. The summed E-state index contributed by atoms with van der Waals surface area (Å²) in [6.45, 7) is 4.13. The van der Waals surface area contributed by atoms with Gasteiger partial charge >= 0.3 is 0 Å². The molecule has 1 aliphatic carbocycles. The Labute approximate surface area is 170 Å². The second-order valence-electron chi connectivity index (χ2n) is 8.05. The van der Waals surface area contributed by atoms with Gasteiger partial charge in [-0.15, -0.1) is 11.3 Å². The van der Waals surface area contributed by atoms with E-state index in [0.717, 1.165) is 26.9 Å². The lowest BCUT2D eigenvalue weighted by molar-refractivity contribution is -0.141. The third kappa shape index (κ3) is 3.30. The van der Waals surface area contributed by atoms with Crippen molar-refractivity contribution in [1.29, 1.82) is 0 Å². The van der Waals surface area contributed by atoms with Crippen LogP contribution in [0.1, 0.15) is 43.7 Å². The fourth-order valence-electron chi connectivity index (χ4n) is 3.75. The summed E-state index contributed by atoms with van der Waals surface area (Å²) in [6, 6.07) is 7.99. The number of alkyl halides is 2. The van der Waals surface area contributed by atoms with E-state index in [0.29, 0.717) is 10.5 Å². The second-order valence-corrected chi connectivity index (χ2v) is 9.11. The molecule has 29 heavy (non-hydrogen) atoms. The van der Waals surface area contributed by atoms with E-state index in [1.54, 1.807) is 6.20 Å². The number of aromatic nitrogens is 4. The van der Waals surface area contributed by atoms with Gasteiger partial charge in [0.15, 0.2) is 5.65 Å². The Balaban J connectivity index is 1.46. The molecule has 1 N–H and O–H groups in total. The quantitative estimate of drug-likeness (QED) is 0.488. The summed E-state index contributed by atoms with van der Waals surface area (Å²) in [4.78, 5) is 10.6. The molecule has 4 heterocycles. The molecule has 0 aromatic carbocycles. The van der Waals surface area contributed by atoms with E-state index in [9.17, 15) is 13.9 Å². The van der Waals surface area contributed by atoms with Gasteiger partial charge in [-0.2, -0.15) is 5.10 Å². The van der Waals surface area contributed by atoms with Crippen LogP contribution >= 0.6 is 11.3 Å². The van der Waals surface area contributed by atoms with E-state index in [4.69, 9.17) is 4.98 Å². The van der Waals surface area contributed by atoms with Crippen molar-refractivity contribution in [2.75, 3.05) is 0 Å². The minimum atomic E-state index is -2.64. The van der Waals surface area contributed by atoms with Gasteiger partial charge in [0.05, 0.1) is 11.8 Å². The van der Waals surface area contributed by atoms with Gasteiger partial charge in [-0.05, 0) is 38.1 Å². The first-order valence-electron chi connectivity index (χ1n) is 9.61. The largest absolute Gasteiger partial charge is 0.387 e. The van der Waals surface area contributed by atoms with Crippen molar-refractivity contribution in [3.05, 3.63) is 41.5 Å². The molecule has 1 aliphatic rings. The number of nitrogens with zero attached hydrogens (tertiary/aromatic N) is 4. The van der Waals surface area contributed by atoms with Crippen LogP contribution in [-0.2, 0) is 0 Å². The van der Waals surface area contributed by atoms with Crippen LogP contribution in [0.2, 0.25) is 0 Å². The highest BCUT2D eigenvalue weighted by Gasteiger charge is 2.48. The number of aliphatic hydroxyl groups is 1. The van der Waals surface area contributed by atoms with E-state index < -0.39 is 12.0 Å². The zero-order valence-corrected chi connectivity index (χ0v) is 16.8. The first kappa shape index (κ1) is 18.6. The van der Waals surface area contributed by atoms with E-state index in [1.165, 1.54) is 11.3 Å². The van der Waals surface area contributed by atoms with Gasteiger partial charge in [-0.3, -0.25) is 4.68 Å². The summed E-state index contributed by atoms with van der Waals surface area (Å²) in [5, 5.41) is 16.8. The Hall–Kier alpha value is -2.45. The third-order valence-corrected chi connectivity index (χ3v) is 6.58. The minimum absolute atomic E-state index is 0.253. The summed E-state index contributed by atoms with van der Waals surface area (Å²) in [6.07, 6.45) is 2.36. The van der Waals surface area contributed by atoms with Crippen LogP contribution in [0.25, 0.3) is 32.5 Å². The molecule has 0 radical (unpaired) electrons. The molecule has 4 aromatic rings. The lowest BCUT2D eigenvalue weighted by Crippen LogP contribution is -2.38. The molecule has 4 aromatic heterocycles. The maximum Gasteiger partial charge on any atom is 0.248 e. The predicted octanol–water partition coefficient (Wildman–Crippen LogP) is 5.37. The molecule has 0 saturated heterocycles. The molecule has 5 nitrogen and oxygen atoms in total. The molecule has 0 amide bonds. The normalized spacial score (nSPS) is 17.9. The van der Waals surface area contributed by atoms with Crippen LogP contribution in [0.3, 0.4) is 0 Å². The third-order valence-electron chi connectivity index (χ3n) is 5.46. The van der Waals surface area contributed by atoms with Gasteiger partial charge in [0, 0.05) is 58.4 Å². The number of fused-ring (bicyclic) bond motifs is 2. The zero-order chi connectivity index (χ0) is 20.3. The molecule has 150 valence electrons. The van der Waals surface area contributed by atoms with Gasteiger partial charge in [0.25, 0.3) is 0 Å². The van der Waals surface area contributed by atoms with E-state index in [-0.39, 0.29) is 24.8 Å². The van der Waals surface area contributed by atoms with Crippen LogP contribution in [0, 0.1) is 5.92 Å². The highest BCUT2D eigenvalue weighted by atomic mass is 32.1. The SMILES string of the molecule is CC(C)n1cc2cc(-c3ccc4cc(C(O)C5CC(F)(F)C5)sc4n3)cnc2n1. The number of hydrogen-bond donors (Lipinski definition) is 1. The molecule has 0 aliphatic heterocycles. The molecule has 1 atom stereocenters. The van der Waals surface area contributed by atoms with Crippen LogP contribution in [-0.4, -0.2) is 30.8 Å². The van der Waals surface area contributed by atoms with E-state index >= 15 is 0 Å². The Morgan fingerprint density at radius 1 is 1.21 bits per heavy atom. The standard InChI is InChI=1S/C21H20F2N4OS/c1-11(2)27-10-14-5-13(9-24-19(14)26-27)16-4-3-12-6-17(29-20(12)25-16)18(28)15-7-21(22,23)8-15/h3-6,9-11,15,18,28H,7-8H2,1-2H3. The van der Waals surface area contributed by atoms with Crippen LogP contribution in [0.15, 0.2) is 36.7 Å². The maximum absolute atomic E-state index is 13.1. The molecule has 0 bridgehead atoms. The lowest BCUT2D eigenvalue weighted by Gasteiger charge is -2.37. The van der Waals surface area contributed by atoms with Crippen molar-refractivity contribution in [1.82, 2.24) is 19.7 Å². The van der Waals surface area contributed by atoms with Crippen LogP contribution in [0.4, 0.5) is 8.78 Å². The number of thiophene rings is 1. The topological polar surface area (TPSA) is 63.8 Å². The molecule has 1 saturated carbocycles. The molecular formula is C21H20F2N4OS. The molecular weight excluding hydrogens is 394 g/mol. The van der Waals surface area contributed by atoms with Crippen molar-refractivity contribution < 1.29 is 13.9 Å². The smallest absolute Gasteiger partial charge is 0.248 e. The van der Waals surface area contributed by atoms with Gasteiger partial charge in [0.1, 0.15) is 4.83 Å². The van der Waals surface area contributed by atoms with Crippen LogP contribution < -0.4 is 0 Å².